The average Bonchev–Trinajstić information content (AvgIpc) is 3.21. The number of aromatic nitrogens is 5. The fraction of sp³-hybridized carbons (Fsp3) is 0.375. The van der Waals surface area contributed by atoms with Crippen molar-refractivity contribution in [2.45, 2.75) is 38.9 Å². The highest BCUT2D eigenvalue weighted by atomic mass is 32.1. The quantitative estimate of drug-likeness (QED) is 0.796. The largest absolute Gasteiger partial charge is 0.314 e. The van der Waals surface area contributed by atoms with Gasteiger partial charge in [0.15, 0.2) is 0 Å². The SMILES string of the molecule is Cc1nnc2n1CC(NCc1csc(-c3ccccn3)n1)CC2. The minimum Gasteiger partial charge on any atom is -0.314 e. The first-order valence-electron chi connectivity index (χ1n) is 7.77. The molecule has 7 heteroatoms. The summed E-state index contributed by atoms with van der Waals surface area (Å²) >= 11 is 1.64. The van der Waals surface area contributed by atoms with E-state index >= 15 is 0 Å². The first-order chi connectivity index (χ1) is 11.3. The van der Waals surface area contributed by atoms with Crippen molar-refractivity contribution in [3.8, 4) is 10.7 Å². The van der Waals surface area contributed by atoms with Crippen LogP contribution in [0.2, 0.25) is 0 Å². The third kappa shape index (κ3) is 3.02. The zero-order chi connectivity index (χ0) is 15.6. The lowest BCUT2D eigenvalue weighted by molar-refractivity contribution is 0.374. The van der Waals surface area contributed by atoms with Gasteiger partial charge in [-0.25, -0.2) is 4.98 Å². The third-order valence-corrected chi connectivity index (χ3v) is 5.05. The molecule has 1 N–H and O–H groups in total. The number of nitrogens with zero attached hydrogens (tertiary/aromatic N) is 5. The van der Waals surface area contributed by atoms with Crippen LogP contribution >= 0.6 is 11.3 Å². The molecule has 1 aliphatic heterocycles. The minimum atomic E-state index is 0.442. The summed E-state index contributed by atoms with van der Waals surface area (Å²) in [4.78, 5) is 9.03. The van der Waals surface area contributed by atoms with Gasteiger partial charge in [0.25, 0.3) is 0 Å². The molecule has 0 aromatic carbocycles. The van der Waals surface area contributed by atoms with Crippen LogP contribution in [0.5, 0.6) is 0 Å². The van der Waals surface area contributed by atoms with E-state index in [9.17, 15) is 0 Å². The average molecular weight is 326 g/mol. The Hall–Kier alpha value is -2.12. The van der Waals surface area contributed by atoms with Gasteiger partial charge in [-0.2, -0.15) is 0 Å². The molecule has 0 bridgehead atoms. The van der Waals surface area contributed by atoms with Crippen LogP contribution in [0.4, 0.5) is 0 Å². The van der Waals surface area contributed by atoms with Gasteiger partial charge in [0.2, 0.25) is 0 Å². The molecule has 1 aliphatic rings. The van der Waals surface area contributed by atoms with Crippen molar-refractivity contribution in [2.75, 3.05) is 0 Å². The van der Waals surface area contributed by atoms with Crippen molar-refractivity contribution in [1.29, 1.82) is 0 Å². The maximum absolute atomic E-state index is 4.68. The number of hydrogen-bond acceptors (Lipinski definition) is 6. The molecule has 1 unspecified atom stereocenters. The highest BCUT2D eigenvalue weighted by Gasteiger charge is 2.21. The highest BCUT2D eigenvalue weighted by Crippen LogP contribution is 2.21. The predicted octanol–water partition coefficient (Wildman–Crippen LogP) is 2.21. The van der Waals surface area contributed by atoms with Gasteiger partial charge >= 0.3 is 0 Å². The Bertz CT molecular complexity index is 794. The molecule has 3 aromatic heterocycles. The predicted molar refractivity (Wildman–Crippen MR) is 89.1 cm³/mol. The lowest BCUT2D eigenvalue weighted by atomic mass is 10.1. The van der Waals surface area contributed by atoms with Gasteiger partial charge in [-0.15, -0.1) is 21.5 Å². The zero-order valence-electron chi connectivity index (χ0n) is 12.9. The Morgan fingerprint density at radius 3 is 3.17 bits per heavy atom. The van der Waals surface area contributed by atoms with Gasteiger partial charge in [0, 0.05) is 37.1 Å². The summed E-state index contributed by atoms with van der Waals surface area (Å²) in [6.45, 7) is 3.73. The smallest absolute Gasteiger partial charge is 0.142 e. The number of aryl methyl sites for hydroxylation is 2. The first-order valence-corrected chi connectivity index (χ1v) is 8.65. The van der Waals surface area contributed by atoms with Gasteiger partial charge < -0.3 is 9.88 Å². The van der Waals surface area contributed by atoms with Crippen LogP contribution in [0, 0.1) is 6.92 Å². The van der Waals surface area contributed by atoms with Crippen LogP contribution in [0.1, 0.15) is 23.8 Å². The topological polar surface area (TPSA) is 68.5 Å². The normalized spacial score (nSPS) is 17.2. The molecule has 0 amide bonds. The molecule has 0 saturated heterocycles. The maximum Gasteiger partial charge on any atom is 0.142 e. The molecule has 6 nitrogen and oxygen atoms in total. The third-order valence-electron chi connectivity index (χ3n) is 4.14. The molecule has 0 spiro atoms. The molecule has 3 aromatic rings. The fourth-order valence-electron chi connectivity index (χ4n) is 2.87. The number of thiazole rings is 1. The van der Waals surface area contributed by atoms with E-state index in [0.717, 1.165) is 54.0 Å². The molecule has 118 valence electrons. The second-order valence-electron chi connectivity index (χ2n) is 5.75. The summed E-state index contributed by atoms with van der Waals surface area (Å²) in [7, 11) is 0. The minimum absolute atomic E-state index is 0.442. The Morgan fingerprint density at radius 2 is 2.30 bits per heavy atom. The molecular formula is C16H18N6S. The van der Waals surface area contributed by atoms with Gasteiger partial charge in [-0.1, -0.05) is 6.07 Å². The molecule has 4 heterocycles. The Labute approximate surface area is 138 Å². The second-order valence-corrected chi connectivity index (χ2v) is 6.61. The van der Waals surface area contributed by atoms with Crippen molar-refractivity contribution < 1.29 is 0 Å². The van der Waals surface area contributed by atoms with Crippen LogP contribution in [0.15, 0.2) is 29.8 Å². The highest BCUT2D eigenvalue weighted by molar-refractivity contribution is 7.13. The van der Waals surface area contributed by atoms with Crippen LogP contribution in [0.3, 0.4) is 0 Å². The Kier molecular flexibility index (Phi) is 3.88. The number of fused-ring (bicyclic) bond motifs is 1. The monoisotopic (exact) mass is 326 g/mol. The molecule has 23 heavy (non-hydrogen) atoms. The van der Waals surface area contributed by atoms with E-state index in [0.29, 0.717) is 6.04 Å². The number of pyridine rings is 1. The molecule has 4 rings (SSSR count). The molecule has 0 aliphatic carbocycles. The molecule has 0 fully saturated rings. The Balaban J connectivity index is 1.39. The second kappa shape index (κ2) is 6.17. The first kappa shape index (κ1) is 14.5. The maximum atomic E-state index is 4.68. The van der Waals surface area contributed by atoms with Gasteiger partial charge in [0.05, 0.1) is 11.4 Å². The van der Waals surface area contributed by atoms with E-state index in [2.05, 4.69) is 35.4 Å². The van der Waals surface area contributed by atoms with Crippen LogP contribution in [-0.2, 0) is 19.5 Å². The van der Waals surface area contributed by atoms with Crippen molar-refractivity contribution in [1.82, 2.24) is 30.0 Å². The lowest BCUT2D eigenvalue weighted by Crippen LogP contribution is -2.37. The van der Waals surface area contributed by atoms with Crippen LogP contribution < -0.4 is 5.32 Å². The Morgan fingerprint density at radius 1 is 1.35 bits per heavy atom. The number of rotatable bonds is 4. The number of hydrogen-bond donors (Lipinski definition) is 1. The van der Waals surface area contributed by atoms with Gasteiger partial charge in [-0.05, 0) is 25.5 Å². The molecule has 1 atom stereocenters. The van der Waals surface area contributed by atoms with Crippen molar-refractivity contribution in [2.24, 2.45) is 0 Å². The molecule has 0 radical (unpaired) electrons. The standard InChI is InChI=1S/C16H18N6S/c1-11-20-21-15-6-5-12(9-22(11)15)18-8-13-10-23-16(19-13)14-4-2-3-7-17-14/h2-4,7,10,12,18H,5-6,8-9H2,1H3. The lowest BCUT2D eigenvalue weighted by Gasteiger charge is -2.24. The van der Waals surface area contributed by atoms with E-state index in [4.69, 9.17) is 0 Å². The van der Waals surface area contributed by atoms with E-state index in [-0.39, 0.29) is 0 Å². The summed E-state index contributed by atoms with van der Waals surface area (Å²) in [5.41, 5.74) is 2.01. The van der Waals surface area contributed by atoms with Crippen LogP contribution in [0.25, 0.3) is 10.7 Å². The van der Waals surface area contributed by atoms with E-state index in [1.54, 1.807) is 17.5 Å². The molecule has 0 saturated carbocycles. The summed E-state index contributed by atoms with van der Waals surface area (Å²) in [6.07, 6.45) is 3.87. The van der Waals surface area contributed by atoms with Crippen molar-refractivity contribution >= 4 is 11.3 Å². The molecular weight excluding hydrogens is 308 g/mol. The summed E-state index contributed by atoms with van der Waals surface area (Å²) in [5, 5.41) is 15.1. The summed E-state index contributed by atoms with van der Waals surface area (Å²) < 4.78 is 2.21. The van der Waals surface area contributed by atoms with E-state index in [1.807, 2.05) is 25.1 Å². The van der Waals surface area contributed by atoms with E-state index < -0.39 is 0 Å². The van der Waals surface area contributed by atoms with Gasteiger partial charge in [0.1, 0.15) is 16.7 Å². The summed E-state index contributed by atoms with van der Waals surface area (Å²) in [5.74, 6) is 2.10. The number of nitrogens with one attached hydrogen (secondary N) is 1. The van der Waals surface area contributed by atoms with E-state index in [1.165, 1.54) is 0 Å². The summed E-state index contributed by atoms with van der Waals surface area (Å²) in [6, 6.07) is 6.34. The van der Waals surface area contributed by atoms with Crippen LogP contribution in [-0.4, -0.2) is 30.8 Å². The van der Waals surface area contributed by atoms with Crippen molar-refractivity contribution in [3.63, 3.8) is 0 Å². The fourth-order valence-corrected chi connectivity index (χ4v) is 3.67. The van der Waals surface area contributed by atoms with Crippen molar-refractivity contribution in [3.05, 3.63) is 47.1 Å². The zero-order valence-corrected chi connectivity index (χ0v) is 13.8. The van der Waals surface area contributed by atoms with Gasteiger partial charge in [-0.3, -0.25) is 4.98 Å².